The predicted molar refractivity (Wildman–Crippen MR) is 73.1 cm³/mol. The first kappa shape index (κ1) is 14.6. The van der Waals surface area contributed by atoms with E-state index in [1.165, 1.54) is 0 Å². The van der Waals surface area contributed by atoms with Gasteiger partial charge in [-0.05, 0) is 46.0 Å². The van der Waals surface area contributed by atoms with Crippen LogP contribution in [0.5, 0.6) is 0 Å². The van der Waals surface area contributed by atoms with Crippen LogP contribution >= 0.6 is 0 Å². The van der Waals surface area contributed by atoms with Crippen LogP contribution in [0.1, 0.15) is 40.0 Å². The number of ether oxygens (including phenoxy) is 2. The minimum absolute atomic E-state index is 0.249. The van der Waals surface area contributed by atoms with Gasteiger partial charge in [0, 0.05) is 31.8 Å². The topological polar surface area (TPSA) is 59.6 Å². The Morgan fingerprint density at radius 1 is 1.42 bits per heavy atom. The smallest absolute Gasteiger partial charge is 0.407 e. The van der Waals surface area contributed by atoms with Gasteiger partial charge in [0.2, 0.25) is 0 Å². The second kappa shape index (κ2) is 5.67. The molecule has 0 aromatic rings. The Kier molecular flexibility index (Phi) is 4.36. The lowest BCUT2D eigenvalue weighted by Gasteiger charge is -2.33. The third kappa shape index (κ3) is 4.35. The van der Waals surface area contributed by atoms with Gasteiger partial charge >= 0.3 is 6.09 Å². The summed E-state index contributed by atoms with van der Waals surface area (Å²) in [5, 5.41) is 6.49. The Hall–Kier alpha value is -0.810. The lowest BCUT2D eigenvalue weighted by Crippen LogP contribution is -2.44. The molecule has 2 aliphatic heterocycles. The van der Waals surface area contributed by atoms with Crippen molar-refractivity contribution in [2.45, 2.75) is 51.2 Å². The standard InChI is InChI=1S/C14H26N2O3/c1-13(2,3)19-12(17)15-9-11-8-14(16-10-11)4-6-18-7-5-14/h11,16H,4-10H2,1-3H3,(H,15,17). The Morgan fingerprint density at radius 2 is 2.11 bits per heavy atom. The summed E-state index contributed by atoms with van der Waals surface area (Å²) in [5.41, 5.74) is -0.182. The Balaban J connectivity index is 1.72. The van der Waals surface area contributed by atoms with Crippen molar-refractivity contribution in [2.24, 2.45) is 5.92 Å². The molecule has 0 saturated carbocycles. The molecule has 2 aliphatic rings. The van der Waals surface area contributed by atoms with Crippen molar-refractivity contribution in [2.75, 3.05) is 26.3 Å². The molecule has 1 atom stereocenters. The fourth-order valence-electron chi connectivity index (χ4n) is 2.89. The third-order valence-corrected chi connectivity index (χ3v) is 3.83. The zero-order chi connectivity index (χ0) is 13.9. The zero-order valence-corrected chi connectivity index (χ0v) is 12.3. The summed E-state index contributed by atoms with van der Waals surface area (Å²) < 4.78 is 10.7. The summed E-state index contributed by atoms with van der Waals surface area (Å²) in [7, 11) is 0. The number of rotatable bonds is 2. The molecule has 5 heteroatoms. The summed E-state index contributed by atoms with van der Waals surface area (Å²) in [6.07, 6.45) is 2.96. The largest absolute Gasteiger partial charge is 0.444 e. The van der Waals surface area contributed by atoms with E-state index in [1.807, 2.05) is 20.8 Å². The molecule has 0 radical (unpaired) electrons. The van der Waals surface area contributed by atoms with Crippen LogP contribution in [-0.4, -0.2) is 43.5 Å². The Morgan fingerprint density at radius 3 is 2.74 bits per heavy atom. The number of carbonyl (C=O) groups excluding carboxylic acids is 1. The third-order valence-electron chi connectivity index (χ3n) is 3.83. The SMILES string of the molecule is CC(C)(C)OC(=O)NCC1CNC2(CCOCC2)C1. The van der Waals surface area contributed by atoms with Crippen molar-refractivity contribution >= 4 is 6.09 Å². The van der Waals surface area contributed by atoms with Crippen molar-refractivity contribution < 1.29 is 14.3 Å². The van der Waals surface area contributed by atoms with Crippen LogP contribution in [0.25, 0.3) is 0 Å². The van der Waals surface area contributed by atoms with Gasteiger partial charge in [0.1, 0.15) is 5.60 Å². The summed E-state index contributed by atoms with van der Waals surface area (Å²) in [5.74, 6) is 0.491. The van der Waals surface area contributed by atoms with E-state index in [0.29, 0.717) is 12.5 Å². The minimum Gasteiger partial charge on any atom is -0.444 e. The van der Waals surface area contributed by atoms with Gasteiger partial charge in [0.05, 0.1) is 0 Å². The molecule has 1 unspecified atom stereocenters. The highest BCUT2D eigenvalue weighted by atomic mass is 16.6. The molecule has 1 spiro atoms. The Bertz CT molecular complexity index is 319. The number of alkyl carbamates (subject to hydrolysis) is 1. The molecular weight excluding hydrogens is 244 g/mol. The second-order valence-electron chi connectivity index (χ2n) is 6.73. The molecule has 2 saturated heterocycles. The lowest BCUT2D eigenvalue weighted by atomic mass is 9.86. The van der Waals surface area contributed by atoms with Gasteiger partial charge < -0.3 is 20.1 Å². The van der Waals surface area contributed by atoms with Crippen LogP contribution in [-0.2, 0) is 9.47 Å². The van der Waals surface area contributed by atoms with Crippen LogP contribution in [0, 0.1) is 5.92 Å². The molecule has 0 aliphatic carbocycles. The van der Waals surface area contributed by atoms with Gasteiger partial charge in [-0.3, -0.25) is 0 Å². The van der Waals surface area contributed by atoms with E-state index < -0.39 is 5.60 Å². The number of carbonyl (C=O) groups is 1. The molecule has 1 amide bonds. The lowest BCUT2D eigenvalue weighted by molar-refractivity contribution is 0.0434. The van der Waals surface area contributed by atoms with E-state index in [-0.39, 0.29) is 11.6 Å². The predicted octanol–water partition coefficient (Wildman–Crippen LogP) is 1.67. The maximum absolute atomic E-state index is 11.6. The minimum atomic E-state index is -0.431. The van der Waals surface area contributed by atoms with Crippen molar-refractivity contribution in [3.63, 3.8) is 0 Å². The molecule has 0 bridgehead atoms. The van der Waals surface area contributed by atoms with Crippen LogP contribution in [0.15, 0.2) is 0 Å². The summed E-state index contributed by atoms with van der Waals surface area (Å²) in [6.45, 7) is 8.97. The molecule has 2 heterocycles. The molecular formula is C14H26N2O3. The van der Waals surface area contributed by atoms with Gasteiger partial charge in [-0.25, -0.2) is 4.79 Å². The van der Waals surface area contributed by atoms with Gasteiger partial charge in [-0.15, -0.1) is 0 Å². The number of hydrogen-bond donors (Lipinski definition) is 2. The molecule has 5 nitrogen and oxygen atoms in total. The first-order valence-electron chi connectivity index (χ1n) is 7.18. The van der Waals surface area contributed by atoms with E-state index in [1.54, 1.807) is 0 Å². The quantitative estimate of drug-likeness (QED) is 0.801. The van der Waals surface area contributed by atoms with E-state index in [4.69, 9.17) is 9.47 Å². The number of nitrogens with one attached hydrogen (secondary N) is 2. The van der Waals surface area contributed by atoms with Gasteiger partial charge in [-0.1, -0.05) is 0 Å². The second-order valence-corrected chi connectivity index (χ2v) is 6.73. The average Bonchev–Trinajstić information content (AvgIpc) is 2.69. The molecule has 0 aromatic carbocycles. The van der Waals surface area contributed by atoms with E-state index in [2.05, 4.69) is 10.6 Å². The van der Waals surface area contributed by atoms with Gasteiger partial charge in [0.25, 0.3) is 0 Å². The van der Waals surface area contributed by atoms with Crippen molar-refractivity contribution in [1.29, 1.82) is 0 Å². The molecule has 0 aromatic heterocycles. The normalized spacial score (nSPS) is 26.4. The highest BCUT2D eigenvalue weighted by molar-refractivity contribution is 5.67. The maximum atomic E-state index is 11.6. The fraction of sp³-hybridized carbons (Fsp3) is 0.929. The van der Waals surface area contributed by atoms with Crippen LogP contribution < -0.4 is 10.6 Å². The summed E-state index contributed by atoms with van der Waals surface area (Å²) in [6, 6.07) is 0. The molecule has 2 N–H and O–H groups in total. The fourth-order valence-corrected chi connectivity index (χ4v) is 2.89. The monoisotopic (exact) mass is 270 g/mol. The number of amides is 1. The Labute approximate surface area is 115 Å². The zero-order valence-electron chi connectivity index (χ0n) is 12.3. The van der Waals surface area contributed by atoms with E-state index >= 15 is 0 Å². The maximum Gasteiger partial charge on any atom is 0.407 e. The van der Waals surface area contributed by atoms with Crippen LogP contribution in [0.3, 0.4) is 0 Å². The van der Waals surface area contributed by atoms with Crippen molar-refractivity contribution in [3.8, 4) is 0 Å². The van der Waals surface area contributed by atoms with Crippen molar-refractivity contribution in [3.05, 3.63) is 0 Å². The van der Waals surface area contributed by atoms with E-state index in [9.17, 15) is 4.79 Å². The number of hydrogen-bond acceptors (Lipinski definition) is 4. The molecule has 19 heavy (non-hydrogen) atoms. The van der Waals surface area contributed by atoms with Crippen molar-refractivity contribution in [1.82, 2.24) is 10.6 Å². The van der Waals surface area contributed by atoms with Gasteiger partial charge in [-0.2, -0.15) is 0 Å². The molecule has 110 valence electrons. The average molecular weight is 270 g/mol. The first-order chi connectivity index (χ1) is 8.89. The van der Waals surface area contributed by atoms with Crippen LogP contribution in [0.2, 0.25) is 0 Å². The highest BCUT2D eigenvalue weighted by Gasteiger charge is 2.39. The molecule has 2 fully saturated rings. The molecule has 2 rings (SSSR count). The first-order valence-corrected chi connectivity index (χ1v) is 7.18. The van der Waals surface area contributed by atoms with E-state index in [0.717, 1.165) is 39.0 Å². The highest BCUT2D eigenvalue weighted by Crippen LogP contribution is 2.32. The van der Waals surface area contributed by atoms with Crippen LogP contribution in [0.4, 0.5) is 4.79 Å². The summed E-state index contributed by atoms with van der Waals surface area (Å²) >= 11 is 0. The summed E-state index contributed by atoms with van der Waals surface area (Å²) in [4.78, 5) is 11.6. The van der Waals surface area contributed by atoms with Gasteiger partial charge in [0.15, 0.2) is 0 Å².